The molecular formula is C14H26N4O5. The van der Waals surface area contributed by atoms with Crippen molar-refractivity contribution < 1.29 is 24.3 Å². The Morgan fingerprint density at radius 3 is 2.04 bits per heavy atom. The van der Waals surface area contributed by atoms with Gasteiger partial charge in [0.1, 0.15) is 12.1 Å². The number of carboxylic acid groups (broad SMARTS) is 1. The molecule has 9 nitrogen and oxygen atoms in total. The van der Waals surface area contributed by atoms with Crippen LogP contribution in [-0.2, 0) is 19.2 Å². The SMILES string of the molecule is CC(C)CC(N)C(=O)NC(C)C(=O)NC(CCC(N)=O)C(=O)O. The predicted octanol–water partition coefficient (Wildman–Crippen LogP) is -1.30. The first-order valence-corrected chi connectivity index (χ1v) is 7.42. The predicted molar refractivity (Wildman–Crippen MR) is 83.0 cm³/mol. The zero-order valence-corrected chi connectivity index (χ0v) is 13.7. The second kappa shape index (κ2) is 9.78. The number of aliphatic carboxylic acids is 1. The molecule has 0 radical (unpaired) electrons. The van der Waals surface area contributed by atoms with Crippen molar-refractivity contribution in [2.75, 3.05) is 0 Å². The quantitative estimate of drug-likeness (QED) is 0.334. The van der Waals surface area contributed by atoms with Gasteiger partial charge in [-0.2, -0.15) is 0 Å². The van der Waals surface area contributed by atoms with Gasteiger partial charge in [0.15, 0.2) is 0 Å². The summed E-state index contributed by atoms with van der Waals surface area (Å²) in [6, 6.07) is -2.94. The van der Waals surface area contributed by atoms with Crippen molar-refractivity contribution in [3.63, 3.8) is 0 Å². The number of hydrogen-bond donors (Lipinski definition) is 5. The number of carbonyl (C=O) groups excluding carboxylic acids is 3. The molecule has 3 unspecified atom stereocenters. The molecule has 132 valence electrons. The third kappa shape index (κ3) is 8.77. The van der Waals surface area contributed by atoms with E-state index in [9.17, 15) is 19.2 Å². The lowest BCUT2D eigenvalue weighted by Crippen LogP contribution is -2.53. The first kappa shape index (κ1) is 20.8. The molecule has 9 heteroatoms. The summed E-state index contributed by atoms with van der Waals surface area (Å²) in [5.41, 5.74) is 10.7. The Labute approximate surface area is 135 Å². The Kier molecular flexibility index (Phi) is 8.86. The molecule has 0 rings (SSSR count). The van der Waals surface area contributed by atoms with E-state index in [0.29, 0.717) is 6.42 Å². The number of rotatable bonds is 10. The highest BCUT2D eigenvalue weighted by Crippen LogP contribution is 2.03. The van der Waals surface area contributed by atoms with Gasteiger partial charge in [0, 0.05) is 6.42 Å². The molecule has 23 heavy (non-hydrogen) atoms. The van der Waals surface area contributed by atoms with Crippen LogP contribution in [-0.4, -0.2) is 46.9 Å². The molecular weight excluding hydrogens is 304 g/mol. The zero-order chi connectivity index (χ0) is 18.2. The third-order valence-electron chi connectivity index (χ3n) is 3.11. The van der Waals surface area contributed by atoms with E-state index in [2.05, 4.69) is 10.6 Å². The average molecular weight is 330 g/mol. The monoisotopic (exact) mass is 330 g/mol. The van der Waals surface area contributed by atoms with Crippen LogP contribution in [0.15, 0.2) is 0 Å². The molecule has 0 heterocycles. The highest BCUT2D eigenvalue weighted by molar-refractivity contribution is 5.91. The van der Waals surface area contributed by atoms with Gasteiger partial charge >= 0.3 is 5.97 Å². The molecule has 0 aliphatic carbocycles. The maximum Gasteiger partial charge on any atom is 0.326 e. The molecule has 3 amide bonds. The summed E-state index contributed by atoms with van der Waals surface area (Å²) in [5.74, 6) is -2.87. The fourth-order valence-corrected chi connectivity index (χ4v) is 1.84. The minimum atomic E-state index is -1.28. The molecule has 0 bridgehead atoms. The summed E-state index contributed by atoms with van der Waals surface area (Å²) in [4.78, 5) is 45.5. The number of carbonyl (C=O) groups is 4. The van der Waals surface area contributed by atoms with Gasteiger partial charge < -0.3 is 27.2 Å². The second-order valence-electron chi connectivity index (χ2n) is 5.87. The minimum Gasteiger partial charge on any atom is -0.480 e. The van der Waals surface area contributed by atoms with E-state index in [4.69, 9.17) is 16.6 Å². The fraction of sp³-hybridized carbons (Fsp3) is 0.714. The Hall–Kier alpha value is -2.16. The molecule has 0 saturated heterocycles. The van der Waals surface area contributed by atoms with Crippen LogP contribution in [0.1, 0.15) is 40.0 Å². The van der Waals surface area contributed by atoms with Crippen LogP contribution in [0.4, 0.5) is 0 Å². The largest absolute Gasteiger partial charge is 0.480 e. The molecule has 7 N–H and O–H groups in total. The fourth-order valence-electron chi connectivity index (χ4n) is 1.84. The van der Waals surface area contributed by atoms with Crippen molar-refractivity contribution in [2.45, 2.75) is 58.2 Å². The van der Waals surface area contributed by atoms with Gasteiger partial charge in [-0.15, -0.1) is 0 Å². The van der Waals surface area contributed by atoms with E-state index in [1.807, 2.05) is 13.8 Å². The summed E-state index contributed by atoms with van der Waals surface area (Å²) in [7, 11) is 0. The van der Waals surface area contributed by atoms with E-state index < -0.39 is 41.8 Å². The lowest BCUT2D eigenvalue weighted by atomic mass is 10.0. The smallest absolute Gasteiger partial charge is 0.326 e. The molecule has 0 aromatic heterocycles. The standard InChI is InChI=1S/C14H26N4O5/c1-7(2)6-9(15)13(21)17-8(3)12(20)18-10(14(22)23)4-5-11(16)19/h7-10H,4-6,15H2,1-3H3,(H2,16,19)(H,17,21)(H,18,20)(H,22,23). The number of nitrogens with two attached hydrogens (primary N) is 2. The van der Waals surface area contributed by atoms with Crippen LogP contribution in [0.2, 0.25) is 0 Å². The van der Waals surface area contributed by atoms with Gasteiger partial charge in [0.2, 0.25) is 17.7 Å². The molecule has 0 spiro atoms. The topological polar surface area (TPSA) is 165 Å². The summed E-state index contributed by atoms with van der Waals surface area (Å²) in [6.45, 7) is 5.25. The van der Waals surface area contributed by atoms with Crippen LogP contribution in [0.3, 0.4) is 0 Å². The number of primary amides is 1. The van der Waals surface area contributed by atoms with Crippen LogP contribution < -0.4 is 22.1 Å². The highest BCUT2D eigenvalue weighted by atomic mass is 16.4. The molecule has 3 atom stereocenters. The maximum absolute atomic E-state index is 11.9. The summed E-state index contributed by atoms with van der Waals surface area (Å²) in [5, 5.41) is 13.7. The first-order valence-electron chi connectivity index (χ1n) is 7.42. The number of carboxylic acids is 1. The Morgan fingerprint density at radius 1 is 1.04 bits per heavy atom. The summed E-state index contributed by atoms with van der Waals surface area (Å²) < 4.78 is 0. The lowest BCUT2D eigenvalue weighted by Gasteiger charge is -2.20. The molecule has 0 aliphatic rings. The first-order chi connectivity index (χ1) is 10.5. The van der Waals surface area contributed by atoms with E-state index in [0.717, 1.165) is 0 Å². The number of nitrogens with one attached hydrogen (secondary N) is 2. The average Bonchev–Trinajstić information content (AvgIpc) is 2.41. The van der Waals surface area contributed by atoms with Gasteiger partial charge in [-0.05, 0) is 25.7 Å². The second-order valence-corrected chi connectivity index (χ2v) is 5.87. The van der Waals surface area contributed by atoms with Gasteiger partial charge in [-0.3, -0.25) is 14.4 Å². The van der Waals surface area contributed by atoms with Gasteiger partial charge in [0.05, 0.1) is 6.04 Å². The van der Waals surface area contributed by atoms with Gasteiger partial charge in [0.25, 0.3) is 0 Å². The van der Waals surface area contributed by atoms with Crippen LogP contribution in [0, 0.1) is 5.92 Å². The zero-order valence-electron chi connectivity index (χ0n) is 13.7. The Morgan fingerprint density at radius 2 is 1.61 bits per heavy atom. The molecule has 0 saturated carbocycles. The van der Waals surface area contributed by atoms with E-state index in [1.54, 1.807) is 0 Å². The van der Waals surface area contributed by atoms with Gasteiger partial charge in [-0.25, -0.2) is 4.79 Å². The van der Waals surface area contributed by atoms with Crippen LogP contribution in [0.5, 0.6) is 0 Å². The van der Waals surface area contributed by atoms with Crippen molar-refractivity contribution in [1.29, 1.82) is 0 Å². The van der Waals surface area contributed by atoms with Crippen molar-refractivity contribution in [2.24, 2.45) is 17.4 Å². The lowest BCUT2D eigenvalue weighted by molar-refractivity contribution is -0.142. The van der Waals surface area contributed by atoms with E-state index in [-0.39, 0.29) is 18.8 Å². The van der Waals surface area contributed by atoms with Crippen molar-refractivity contribution >= 4 is 23.7 Å². The number of hydrogen-bond acceptors (Lipinski definition) is 5. The Bertz CT molecular complexity index is 452. The van der Waals surface area contributed by atoms with Crippen LogP contribution >= 0.6 is 0 Å². The molecule has 0 aliphatic heterocycles. The van der Waals surface area contributed by atoms with Crippen molar-refractivity contribution in [1.82, 2.24) is 10.6 Å². The third-order valence-corrected chi connectivity index (χ3v) is 3.11. The molecule has 0 fully saturated rings. The minimum absolute atomic E-state index is 0.121. The van der Waals surface area contributed by atoms with Crippen molar-refractivity contribution in [3.05, 3.63) is 0 Å². The number of amides is 3. The summed E-state index contributed by atoms with van der Waals surface area (Å²) in [6.07, 6.45) is 0.178. The van der Waals surface area contributed by atoms with E-state index in [1.165, 1.54) is 6.92 Å². The van der Waals surface area contributed by atoms with Crippen molar-refractivity contribution in [3.8, 4) is 0 Å². The van der Waals surface area contributed by atoms with Gasteiger partial charge in [-0.1, -0.05) is 13.8 Å². The van der Waals surface area contributed by atoms with E-state index >= 15 is 0 Å². The summed E-state index contributed by atoms with van der Waals surface area (Å²) >= 11 is 0. The molecule has 0 aromatic carbocycles. The highest BCUT2D eigenvalue weighted by Gasteiger charge is 2.25. The Balaban J connectivity index is 4.53. The maximum atomic E-state index is 11.9. The van der Waals surface area contributed by atoms with Crippen LogP contribution in [0.25, 0.3) is 0 Å². The normalized spacial score (nSPS) is 14.7. The molecule has 0 aromatic rings.